The molecule has 9 heteroatoms. The summed E-state index contributed by atoms with van der Waals surface area (Å²) >= 11 is 0. The molecule has 2 heterocycles. The van der Waals surface area contributed by atoms with E-state index in [0.29, 0.717) is 24.5 Å². The van der Waals surface area contributed by atoms with Crippen LogP contribution in [0.1, 0.15) is 18.9 Å². The Morgan fingerprint density at radius 1 is 1.08 bits per heavy atom. The van der Waals surface area contributed by atoms with E-state index >= 15 is 0 Å². The highest BCUT2D eigenvalue weighted by atomic mass is 16.5. The third kappa shape index (κ3) is 6.83. The van der Waals surface area contributed by atoms with Crippen LogP contribution in [0.15, 0.2) is 48.5 Å². The summed E-state index contributed by atoms with van der Waals surface area (Å²) in [6.07, 6.45) is 1.02. The molecule has 0 unspecified atom stereocenters. The second kappa shape index (κ2) is 12.5. The maximum Gasteiger partial charge on any atom is 0.262 e. The molecule has 2 saturated heterocycles. The molecule has 0 radical (unpaired) electrons. The number of hydrogen-bond donors (Lipinski definition) is 2. The molecule has 4 rings (SSSR count). The second-order valence-corrected chi connectivity index (χ2v) is 8.99. The summed E-state index contributed by atoms with van der Waals surface area (Å²) in [7, 11) is 0. The van der Waals surface area contributed by atoms with Gasteiger partial charge in [-0.2, -0.15) is 0 Å². The molecule has 1 atom stereocenters. The third-order valence-corrected chi connectivity index (χ3v) is 6.52. The number of para-hydroxylation sites is 1. The van der Waals surface area contributed by atoms with Crippen molar-refractivity contribution in [1.82, 2.24) is 10.2 Å². The molecule has 2 aliphatic rings. The average molecular weight is 495 g/mol. The van der Waals surface area contributed by atoms with Crippen molar-refractivity contribution < 1.29 is 23.9 Å². The zero-order valence-corrected chi connectivity index (χ0v) is 20.7. The lowest BCUT2D eigenvalue weighted by Crippen LogP contribution is -2.42. The Morgan fingerprint density at radius 2 is 1.83 bits per heavy atom. The molecule has 0 bridgehead atoms. The standard InChI is InChI=1S/C27H34N4O5/c1-2-20-5-3-4-6-24(20)29-25(32)19-36-23-9-7-22(8-10-23)31-18-21(17-26(31)33)27(34)28-11-12-30-13-15-35-16-14-30/h3-10,21H,2,11-19H2,1H3,(H,28,34)(H,29,32)/t21-/m1/s1. The van der Waals surface area contributed by atoms with Crippen molar-refractivity contribution in [1.29, 1.82) is 0 Å². The van der Waals surface area contributed by atoms with Gasteiger partial charge in [0.1, 0.15) is 5.75 Å². The number of ether oxygens (including phenoxy) is 2. The van der Waals surface area contributed by atoms with E-state index in [1.165, 1.54) is 0 Å². The molecule has 36 heavy (non-hydrogen) atoms. The van der Waals surface area contributed by atoms with Crippen LogP contribution in [0.25, 0.3) is 0 Å². The van der Waals surface area contributed by atoms with Gasteiger partial charge in [0.25, 0.3) is 5.91 Å². The highest BCUT2D eigenvalue weighted by Crippen LogP contribution is 2.27. The van der Waals surface area contributed by atoms with Crippen LogP contribution in [-0.2, 0) is 25.5 Å². The Kier molecular flexibility index (Phi) is 8.91. The predicted molar refractivity (Wildman–Crippen MR) is 137 cm³/mol. The summed E-state index contributed by atoms with van der Waals surface area (Å²) in [4.78, 5) is 41.4. The van der Waals surface area contributed by atoms with E-state index in [2.05, 4.69) is 15.5 Å². The van der Waals surface area contributed by atoms with E-state index in [4.69, 9.17) is 9.47 Å². The molecule has 2 aromatic carbocycles. The quantitative estimate of drug-likeness (QED) is 0.525. The van der Waals surface area contributed by atoms with Gasteiger partial charge in [-0.15, -0.1) is 0 Å². The fraction of sp³-hybridized carbons (Fsp3) is 0.444. The summed E-state index contributed by atoms with van der Waals surface area (Å²) in [5, 5.41) is 5.85. The number of amides is 3. The molecule has 0 aromatic heterocycles. The van der Waals surface area contributed by atoms with Gasteiger partial charge in [0.2, 0.25) is 11.8 Å². The van der Waals surface area contributed by atoms with Gasteiger partial charge in [0, 0.05) is 50.5 Å². The second-order valence-electron chi connectivity index (χ2n) is 8.99. The predicted octanol–water partition coefficient (Wildman–Crippen LogP) is 2.07. The van der Waals surface area contributed by atoms with E-state index in [0.717, 1.165) is 50.5 Å². The van der Waals surface area contributed by atoms with Crippen LogP contribution in [0, 0.1) is 5.92 Å². The minimum absolute atomic E-state index is 0.0778. The Balaban J connectivity index is 1.22. The van der Waals surface area contributed by atoms with Crippen LogP contribution in [-0.4, -0.2) is 75.2 Å². The van der Waals surface area contributed by atoms with E-state index in [1.807, 2.05) is 31.2 Å². The maximum absolute atomic E-state index is 12.6. The van der Waals surface area contributed by atoms with Crippen molar-refractivity contribution >= 4 is 29.1 Å². The number of aryl methyl sites for hydroxylation is 1. The van der Waals surface area contributed by atoms with Crippen molar-refractivity contribution in [2.24, 2.45) is 5.92 Å². The number of benzene rings is 2. The Bertz CT molecular complexity index is 1050. The third-order valence-electron chi connectivity index (χ3n) is 6.52. The van der Waals surface area contributed by atoms with E-state index in [1.54, 1.807) is 29.2 Å². The molecule has 0 spiro atoms. The first-order valence-electron chi connectivity index (χ1n) is 12.5. The number of carbonyl (C=O) groups excluding carboxylic acids is 3. The lowest BCUT2D eigenvalue weighted by molar-refractivity contribution is -0.126. The lowest BCUT2D eigenvalue weighted by Gasteiger charge is -2.26. The van der Waals surface area contributed by atoms with Gasteiger partial charge in [-0.05, 0) is 42.3 Å². The first-order chi connectivity index (χ1) is 17.5. The van der Waals surface area contributed by atoms with Crippen molar-refractivity contribution in [3.63, 3.8) is 0 Å². The van der Waals surface area contributed by atoms with Gasteiger partial charge in [-0.25, -0.2) is 0 Å². The van der Waals surface area contributed by atoms with E-state index < -0.39 is 0 Å². The molecule has 0 aliphatic carbocycles. The van der Waals surface area contributed by atoms with Crippen molar-refractivity contribution in [3.05, 3.63) is 54.1 Å². The highest BCUT2D eigenvalue weighted by molar-refractivity contribution is 6.00. The maximum atomic E-state index is 12.6. The average Bonchev–Trinajstić information content (AvgIpc) is 3.30. The minimum Gasteiger partial charge on any atom is -0.484 e. The molecular weight excluding hydrogens is 460 g/mol. The summed E-state index contributed by atoms with van der Waals surface area (Å²) in [5.74, 6) is -0.243. The van der Waals surface area contributed by atoms with Gasteiger partial charge >= 0.3 is 0 Å². The number of nitrogens with zero attached hydrogens (tertiary/aromatic N) is 2. The van der Waals surface area contributed by atoms with Crippen LogP contribution in [0.2, 0.25) is 0 Å². The molecule has 2 aromatic rings. The summed E-state index contributed by atoms with van der Waals surface area (Å²) in [5.41, 5.74) is 2.56. The molecule has 9 nitrogen and oxygen atoms in total. The van der Waals surface area contributed by atoms with Gasteiger partial charge in [0.05, 0.1) is 19.1 Å². The number of rotatable bonds is 10. The van der Waals surface area contributed by atoms with Crippen molar-refractivity contribution in [2.75, 3.05) is 62.8 Å². The van der Waals surface area contributed by atoms with Crippen LogP contribution >= 0.6 is 0 Å². The normalized spacial score (nSPS) is 18.2. The summed E-state index contributed by atoms with van der Waals surface area (Å²) in [6, 6.07) is 14.7. The molecule has 192 valence electrons. The number of nitrogens with one attached hydrogen (secondary N) is 2. The fourth-order valence-corrected chi connectivity index (χ4v) is 4.45. The summed E-state index contributed by atoms with van der Waals surface area (Å²) in [6.45, 7) is 6.82. The molecule has 0 saturated carbocycles. The Morgan fingerprint density at radius 3 is 2.58 bits per heavy atom. The van der Waals surface area contributed by atoms with Crippen LogP contribution in [0.3, 0.4) is 0 Å². The Labute approximate surface area is 211 Å². The van der Waals surface area contributed by atoms with Crippen molar-refractivity contribution in [2.45, 2.75) is 19.8 Å². The topological polar surface area (TPSA) is 100 Å². The van der Waals surface area contributed by atoms with Crippen LogP contribution in [0.4, 0.5) is 11.4 Å². The first-order valence-corrected chi connectivity index (χ1v) is 12.5. The van der Waals surface area contributed by atoms with Crippen LogP contribution in [0.5, 0.6) is 5.75 Å². The van der Waals surface area contributed by atoms with Gasteiger partial charge in [0.15, 0.2) is 6.61 Å². The van der Waals surface area contributed by atoms with Crippen LogP contribution < -0.4 is 20.3 Å². The smallest absolute Gasteiger partial charge is 0.262 e. The minimum atomic E-state index is -0.368. The molecule has 2 aliphatic heterocycles. The highest BCUT2D eigenvalue weighted by Gasteiger charge is 2.35. The molecular formula is C27H34N4O5. The number of morpholine rings is 1. The number of hydrogen-bond acceptors (Lipinski definition) is 6. The monoisotopic (exact) mass is 494 g/mol. The van der Waals surface area contributed by atoms with Gasteiger partial charge < -0.3 is 25.0 Å². The van der Waals surface area contributed by atoms with Crippen molar-refractivity contribution in [3.8, 4) is 5.75 Å². The lowest BCUT2D eigenvalue weighted by atomic mass is 10.1. The zero-order valence-electron chi connectivity index (χ0n) is 20.7. The van der Waals surface area contributed by atoms with E-state index in [-0.39, 0.29) is 36.7 Å². The first kappa shape index (κ1) is 25.7. The molecule has 2 fully saturated rings. The van der Waals surface area contributed by atoms with E-state index in [9.17, 15) is 14.4 Å². The molecule has 3 amide bonds. The number of anilines is 2. The zero-order chi connectivity index (χ0) is 25.3. The van der Waals surface area contributed by atoms with Gasteiger partial charge in [-0.3, -0.25) is 19.3 Å². The summed E-state index contributed by atoms with van der Waals surface area (Å²) < 4.78 is 11.0. The Hall–Kier alpha value is -3.43. The number of carbonyl (C=O) groups is 3. The fourth-order valence-electron chi connectivity index (χ4n) is 4.45. The SMILES string of the molecule is CCc1ccccc1NC(=O)COc1ccc(N2C[C@H](C(=O)NCCN3CCOCC3)CC2=O)cc1. The largest absolute Gasteiger partial charge is 0.484 e. The van der Waals surface area contributed by atoms with Gasteiger partial charge in [-0.1, -0.05) is 25.1 Å². The molecule has 2 N–H and O–H groups in total.